The smallest absolute Gasteiger partial charge is 0.210 e. The van der Waals surface area contributed by atoms with E-state index in [1.54, 1.807) is 12.1 Å². The first-order valence-corrected chi connectivity index (χ1v) is 2.84. The first-order valence-electron chi connectivity index (χ1n) is 2.84. The van der Waals surface area contributed by atoms with Crippen LogP contribution < -0.4 is 5.73 Å². The topological polar surface area (TPSA) is 64.9 Å². The van der Waals surface area contributed by atoms with Crippen LogP contribution in [0.15, 0.2) is 22.7 Å². The van der Waals surface area contributed by atoms with Crippen molar-refractivity contribution in [3.05, 3.63) is 18.2 Å². The Balaban J connectivity index is 2.95. The lowest BCUT2D eigenvalue weighted by Gasteiger charge is -1.87. The van der Waals surface area contributed by atoms with Crippen LogP contribution in [0, 0.1) is 0 Å². The second-order valence-corrected chi connectivity index (χ2v) is 1.97. The summed E-state index contributed by atoms with van der Waals surface area (Å²) >= 11 is 0. The Morgan fingerprint density at radius 1 is 1.40 bits per heavy atom. The van der Waals surface area contributed by atoms with Crippen LogP contribution in [0.25, 0.3) is 11.1 Å². The number of nitrogens with zero attached hydrogens (tertiary/aromatic N) is 2. The summed E-state index contributed by atoms with van der Waals surface area (Å²) in [7, 11) is 0. The summed E-state index contributed by atoms with van der Waals surface area (Å²) in [5.74, 6) is 0. The van der Waals surface area contributed by atoms with Crippen molar-refractivity contribution in [1.82, 2.24) is 10.4 Å². The molecule has 0 radical (unpaired) electrons. The minimum atomic E-state index is 0.558. The van der Waals surface area contributed by atoms with Crippen LogP contribution in [-0.2, 0) is 0 Å². The molecular formula is C6H5N3O. The van der Waals surface area contributed by atoms with Gasteiger partial charge in [-0.15, -0.1) is 5.10 Å². The van der Waals surface area contributed by atoms with E-state index in [0.29, 0.717) is 16.8 Å². The number of rotatable bonds is 0. The minimum Gasteiger partial charge on any atom is -0.396 e. The van der Waals surface area contributed by atoms with E-state index in [1.165, 1.54) is 0 Å². The molecule has 0 bridgehead atoms. The predicted octanol–water partition coefficient (Wildman–Crippen LogP) is 0.805. The lowest BCUT2D eigenvalue weighted by atomic mass is 10.3. The number of benzene rings is 1. The fourth-order valence-corrected chi connectivity index (χ4v) is 0.826. The lowest BCUT2D eigenvalue weighted by Crippen LogP contribution is -1.82. The van der Waals surface area contributed by atoms with Gasteiger partial charge in [-0.25, -0.2) is 0 Å². The molecule has 2 rings (SSSR count). The molecule has 0 saturated heterocycles. The van der Waals surface area contributed by atoms with Crippen molar-refractivity contribution in [3.8, 4) is 0 Å². The molecule has 0 unspecified atom stereocenters. The van der Waals surface area contributed by atoms with Gasteiger partial charge in [-0.3, -0.25) is 0 Å². The zero-order valence-corrected chi connectivity index (χ0v) is 5.11. The van der Waals surface area contributed by atoms with Crippen LogP contribution in [0.1, 0.15) is 0 Å². The van der Waals surface area contributed by atoms with Gasteiger partial charge >= 0.3 is 0 Å². The summed E-state index contributed by atoms with van der Waals surface area (Å²) in [4.78, 5) is 0. The maximum absolute atomic E-state index is 5.53. The van der Waals surface area contributed by atoms with Gasteiger partial charge in [0.1, 0.15) is 5.52 Å². The third-order valence-corrected chi connectivity index (χ3v) is 1.31. The molecular weight excluding hydrogens is 130 g/mol. The summed E-state index contributed by atoms with van der Waals surface area (Å²) in [6.45, 7) is 0. The van der Waals surface area contributed by atoms with Crippen LogP contribution in [-0.4, -0.2) is 10.4 Å². The van der Waals surface area contributed by atoms with E-state index in [4.69, 9.17) is 10.3 Å². The van der Waals surface area contributed by atoms with Crippen molar-refractivity contribution < 1.29 is 4.52 Å². The van der Waals surface area contributed by atoms with E-state index in [2.05, 4.69) is 10.4 Å². The molecule has 1 aromatic carbocycles. The third-order valence-electron chi connectivity index (χ3n) is 1.31. The molecule has 0 atom stereocenters. The summed E-state index contributed by atoms with van der Waals surface area (Å²) in [5, 5.41) is 7.04. The summed E-state index contributed by atoms with van der Waals surface area (Å²) in [5.41, 5.74) is 7.35. The van der Waals surface area contributed by atoms with Crippen LogP contribution >= 0.6 is 0 Å². The molecule has 0 aliphatic rings. The molecule has 0 spiro atoms. The Labute approximate surface area is 56.6 Å². The van der Waals surface area contributed by atoms with Crippen LogP contribution in [0.2, 0.25) is 0 Å². The molecule has 0 aliphatic carbocycles. The number of nitrogen functional groups attached to an aromatic ring is 1. The molecule has 0 saturated carbocycles. The second kappa shape index (κ2) is 1.70. The van der Waals surface area contributed by atoms with Crippen LogP contribution in [0.4, 0.5) is 5.69 Å². The van der Waals surface area contributed by atoms with Crippen molar-refractivity contribution in [2.75, 3.05) is 5.73 Å². The average Bonchev–Trinajstić information content (AvgIpc) is 2.36. The number of nitrogens with two attached hydrogens (primary N) is 1. The predicted molar refractivity (Wildman–Crippen MR) is 36.2 cm³/mol. The van der Waals surface area contributed by atoms with Crippen molar-refractivity contribution in [1.29, 1.82) is 0 Å². The molecule has 4 nitrogen and oxygen atoms in total. The molecule has 0 aliphatic heterocycles. The summed E-state index contributed by atoms with van der Waals surface area (Å²) < 4.78 is 4.76. The average molecular weight is 135 g/mol. The quantitative estimate of drug-likeness (QED) is 0.543. The molecule has 2 N–H and O–H groups in total. The Morgan fingerprint density at radius 3 is 3.10 bits per heavy atom. The molecule has 10 heavy (non-hydrogen) atoms. The van der Waals surface area contributed by atoms with E-state index >= 15 is 0 Å². The number of hydrogen-bond acceptors (Lipinski definition) is 4. The summed E-state index contributed by atoms with van der Waals surface area (Å²) in [6.07, 6.45) is 0. The van der Waals surface area contributed by atoms with Crippen molar-refractivity contribution in [2.45, 2.75) is 0 Å². The van der Waals surface area contributed by atoms with E-state index in [0.717, 1.165) is 0 Å². The highest BCUT2D eigenvalue weighted by Gasteiger charge is 2.00. The number of hydrogen-bond donors (Lipinski definition) is 1. The first kappa shape index (κ1) is 5.22. The number of aromatic nitrogens is 2. The van der Waals surface area contributed by atoms with Crippen molar-refractivity contribution in [3.63, 3.8) is 0 Å². The zero-order chi connectivity index (χ0) is 6.97. The SMILES string of the molecule is Nc1cccc2nnoc12. The Hall–Kier alpha value is -1.58. The highest BCUT2D eigenvalue weighted by Crippen LogP contribution is 2.16. The number of para-hydroxylation sites is 1. The highest BCUT2D eigenvalue weighted by atomic mass is 16.5. The fraction of sp³-hybridized carbons (Fsp3) is 0. The lowest BCUT2D eigenvalue weighted by molar-refractivity contribution is 0.425. The maximum atomic E-state index is 5.53. The first-order chi connectivity index (χ1) is 4.88. The second-order valence-electron chi connectivity index (χ2n) is 1.97. The molecule has 0 amide bonds. The van der Waals surface area contributed by atoms with Gasteiger partial charge in [0.15, 0.2) is 0 Å². The monoisotopic (exact) mass is 135 g/mol. The molecule has 50 valence electrons. The van der Waals surface area contributed by atoms with Crippen LogP contribution in [0.3, 0.4) is 0 Å². The Bertz CT molecular complexity index is 355. The van der Waals surface area contributed by atoms with Gasteiger partial charge in [0.2, 0.25) is 5.58 Å². The molecule has 2 aromatic rings. The van der Waals surface area contributed by atoms with Gasteiger partial charge in [0.25, 0.3) is 0 Å². The normalized spacial score (nSPS) is 10.4. The van der Waals surface area contributed by atoms with Crippen molar-refractivity contribution >= 4 is 16.8 Å². The Morgan fingerprint density at radius 2 is 2.30 bits per heavy atom. The molecule has 0 fully saturated rings. The Kier molecular flexibility index (Phi) is 0.887. The van der Waals surface area contributed by atoms with Gasteiger partial charge in [-0.05, 0) is 12.1 Å². The van der Waals surface area contributed by atoms with Gasteiger partial charge in [-0.2, -0.15) is 0 Å². The fourth-order valence-electron chi connectivity index (χ4n) is 0.826. The van der Waals surface area contributed by atoms with E-state index in [-0.39, 0.29) is 0 Å². The molecule has 1 aromatic heterocycles. The van der Waals surface area contributed by atoms with E-state index in [9.17, 15) is 0 Å². The minimum absolute atomic E-state index is 0.558. The van der Waals surface area contributed by atoms with Gasteiger partial charge in [0, 0.05) is 5.27 Å². The molecule has 1 heterocycles. The maximum Gasteiger partial charge on any atom is 0.210 e. The highest BCUT2D eigenvalue weighted by molar-refractivity contribution is 5.83. The number of anilines is 1. The van der Waals surface area contributed by atoms with Gasteiger partial charge in [-0.1, -0.05) is 6.07 Å². The summed E-state index contributed by atoms with van der Waals surface area (Å²) in [6, 6.07) is 5.35. The van der Waals surface area contributed by atoms with Crippen molar-refractivity contribution in [2.24, 2.45) is 0 Å². The standard InChI is InChI=1S/C6H5N3O/c7-4-2-1-3-5-6(4)10-9-8-5/h1-3H,7H2. The van der Waals surface area contributed by atoms with Crippen LogP contribution in [0.5, 0.6) is 0 Å². The largest absolute Gasteiger partial charge is 0.396 e. The van der Waals surface area contributed by atoms with Gasteiger partial charge < -0.3 is 10.3 Å². The van der Waals surface area contributed by atoms with Gasteiger partial charge in [0.05, 0.1) is 5.69 Å². The van der Waals surface area contributed by atoms with E-state index in [1.807, 2.05) is 6.07 Å². The number of fused-ring (bicyclic) bond motifs is 1. The zero-order valence-electron chi connectivity index (χ0n) is 5.11. The molecule has 4 heteroatoms. The third kappa shape index (κ3) is 0.556. The van der Waals surface area contributed by atoms with E-state index < -0.39 is 0 Å².